The third-order valence-electron chi connectivity index (χ3n) is 5.53. The summed E-state index contributed by atoms with van der Waals surface area (Å²) in [5.74, 6) is -0.697. The van der Waals surface area contributed by atoms with Crippen LogP contribution >= 0.6 is 11.3 Å². The zero-order chi connectivity index (χ0) is 26.0. The second kappa shape index (κ2) is 9.98. The Morgan fingerprint density at radius 2 is 1.72 bits per heavy atom. The van der Waals surface area contributed by atoms with Crippen molar-refractivity contribution in [2.45, 2.75) is 33.0 Å². The van der Waals surface area contributed by atoms with Crippen LogP contribution in [0, 0.1) is 0 Å². The van der Waals surface area contributed by atoms with E-state index in [0.29, 0.717) is 32.2 Å². The van der Waals surface area contributed by atoms with Crippen LogP contribution in [0.1, 0.15) is 37.3 Å². The lowest BCUT2D eigenvalue weighted by molar-refractivity contribution is -0.137. The van der Waals surface area contributed by atoms with Crippen molar-refractivity contribution in [2.24, 2.45) is 0 Å². The Morgan fingerprint density at radius 3 is 2.36 bits per heavy atom. The van der Waals surface area contributed by atoms with E-state index in [0.717, 1.165) is 23.0 Å². The van der Waals surface area contributed by atoms with Gasteiger partial charge in [0.15, 0.2) is 0 Å². The van der Waals surface area contributed by atoms with E-state index in [2.05, 4.69) is 20.8 Å². The molecule has 0 saturated carbocycles. The van der Waals surface area contributed by atoms with Crippen molar-refractivity contribution < 1.29 is 22.8 Å². The van der Waals surface area contributed by atoms with Gasteiger partial charge in [-0.2, -0.15) is 18.3 Å². The summed E-state index contributed by atoms with van der Waals surface area (Å²) in [6, 6.07) is 13.0. The van der Waals surface area contributed by atoms with Gasteiger partial charge in [-0.25, -0.2) is 0 Å². The molecule has 1 unspecified atom stereocenters. The summed E-state index contributed by atoms with van der Waals surface area (Å²) in [4.78, 5) is 26.9. The minimum atomic E-state index is -4.41. The Hall–Kier alpha value is -3.92. The number of amides is 2. The number of nitrogens with zero attached hydrogens (tertiary/aromatic N) is 1. The molecule has 3 N–H and O–H groups in total. The van der Waals surface area contributed by atoms with Gasteiger partial charge >= 0.3 is 6.18 Å². The van der Waals surface area contributed by atoms with Gasteiger partial charge in [-0.15, -0.1) is 11.3 Å². The smallest absolute Gasteiger partial charge is 0.344 e. The van der Waals surface area contributed by atoms with E-state index < -0.39 is 17.8 Å². The first-order chi connectivity index (χ1) is 17.0. The van der Waals surface area contributed by atoms with E-state index in [-0.39, 0.29) is 11.8 Å². The van der Waals surface area contributed by atoms with Gasteiger partial charge in [0.2, 0.25) is 5.91 Å². The molecule has 10 heteroatoms. The molecule has 0 aliphatic heterocycles. The minimum Gasteiger partial charge on any atom is -0.344 e. The van der Waals surface area contributed by atoms with Gasteiger partial charge < -0.3 is 10.6 Å². The molecule has 0 bridgehead atoms. The zero-order valence-electron chi connectivity index (χ0n) is 19.7. The number of anilines is 1. The Balaban J connectivity index is 1.64. The van der Waals surface area contributed by atoms with Crippen molar-refractivity contribution in [1.82, 2.24) is 15.5 Å². The lowest BCUT2D eigenvalue weighted by Crippen LogP contribution is -2.32. The van der Waals surface area contributed by atoms with Crippen molar-refractivity contribution in [3.05, 3.63) is 82.4 Å². The highest BCUT2D eigenvalue weighted by Gasteiger charge is 2.30. The number of hydrogen-bond acceptors (Lipinski definition) is 4. The molecule has 0 fully saturated rings. The average Bonchev–Trinajstić information content (AvgIpc) is 3.47. The number of aromatic amines is 1. The second-order valence-corrected chi connectivity index (χ2v) is 9.57. The van der Waals surface area contributed by atoms with Crippen molar-refractivity contribution in [3.63, 3.8) is 0 Å². The molecule has 1 atom stereocenters. The molecule has 0 saturated heterocycles. The number of fused-ring (bicyclic) bond motifs is 1. The van der Waals surface area contributed by atoms with Gasteiger partial charge in [-0.05, 0) is 61.9 Å². The monoisotopic (exact) mass is 512 g/mol. The molecule has 0 radical (unpaired) electrons. The van der Waals surface area contributed by atoms with Crippen molar-refractivity contribution in [3.8, 4) is 10.4 Å². The van der Waals surface area contributed by atoms with Crippen LogP contribution in [0.4, 0.5) is 18.9 Å². The largest absolute Gasteiger partial charge is 0.416 e. The number of benzene rings is 2. The fourth-order valence-electron chi connectivity index (χ4n) is 3.84. The van der Waals surface area contributed by atoms with Crippen LogP contribution in [-0.4, -0.2) is 22.0 Å². The Labute approximate surface area is 209 Å². The standard InChI is InChI=1S/C26H23F3N4O2S/c1-14(2)23(25(35)32-19-8-9-20-17(12-19)13-30-33-20)24(31-15(3)34)22-11-10-21(36-22)16-4-6-18(7-5-16)26(27,28)29/h4-13,24H,1-3H3,(H,30,33)(H,31,34)(H,32,35). The predicted octanol–water partition coefficient (Wildman–Crippen LogP) is 6.46. The molecule has 4 aromatic rings. The number of carbonyl (C=O) groups is 2. The summed E-state index contributed by atoms with van der Waals surface area (Å²) in [6.07, 6.45) is -2.76. The molecule has 2 amide bonds. The highest BCUT2D eigenvalue weighted by atomic mass is 32.1. The third-order valence-corrected chi connectivity index (χ3v) is 6.72. The van der Waals surface area contributed by atoms with Crippen LogP contribution < -0.4 is 10.6 Å². The topological polar surface area (TPSA) is 86.9 Å². The molecule has 0 aliphatic rings. The second-order valence-electron chi connectivity index (χ2n) is 8.45. The molecule has 0 aliphatic carbocycles. The molecule has 6 nitrogen and oxygen atoms in total. The number of aromatic nitrogens is 2. The highest BCUT2D eigenvalue weighted by molar-refractivity contribution is 7.15. The first-order valence-corrected chi connectivity index (χ1v) is 11.8. The van der Waals surface area contributed by atoms with Gasteiger partial charge in [0, 0.05) is 33.3 Å². The normalized spacial score (nSPS) is 12.3. The lowest BCUT2D eigenvalue weighted by Gasteiger charge is -2.21. The molecule has 36 heavy (non-hydrogen) atoms. The van der Waals surface area contributed by atoms with Crippen LogP contribution in [0.15, 0.2) is 71.9 Å². The summed E-state index contributed by atoms with van der Waals surface area (Å²) >= 11 is 1.30. The Morgan fingerprint density at radius 1 is 1.00 bits per heavy atom. The summed E-state index contributed by atoms with van der Waals surface area (Å²) in [7, 11) is 0. The molecule has 0 spiro atoms. The Kier molecular flexibility index (Phi) is 6.98. The summed E-state index contributed by atoms with van der Waals surface area (Å²) in [5, 5.41) is 13.4. The summed E-state index contributed by atoms with van der Waals surface area (Å²) in [5.41, 5.74) is 2.37. The number of rotatable bonds is 6. The van der Waals surface area contributed by atoms with E-state index in [1.165, 1.54) is 30.4 Å². The van der Waals surface area contributed by atoms with E-state index in [9.17, 15) is 22.8 Å². The fraction of sp³-hybridized carbons (Fsp3) is 0.192. The number of allylic oxidation sites excluding steroid dienone is 1. The molecule has 4 rings (SSSR count). The van der Waals surface area contributed by atoms with Gasteiger partial charge in [-0.3, -0.25) is 14.7 Å². The number of H-pyrrole nitrogens is 1. The molecular weight excluding hydrogens is 489 g/mol. The van der Waals surface area contributed by atoms with E-state index in [1.807, 2.05) is 0 Å². The number of carbonyl (C=O) groups excluding carboxylic acids is 2. The Bertz CT molecular complexity index is 1450. The minimum absolute atomic E-state index is 0.323. The lowest BCUT2D eigenvalue weighted by atomic mass is 9.99. The molecule has 186 valence electrons. The van der Waals surface area contributed by atoms with Crippen molar-refractivity contribution >= 4 is 39.7 Å². The van der Waals surface area contributed by atoms with E-state index >= 15 is 0 Å². The van der Waals surface area contributed by atoms with Crippen molar-refractivity contribution in [2.75, 3.05) is 5.32 Å². The van der Waals surface area contributed by atoms with E-state index in [4.69, 9.17) is 0 Å². The maximum atomic E-state index is 13.4. The predicted molar refractivity (Wildman–Crippen MR) is 134 cm³/mol. The maximum Gasteiger partial charge on any atom is 0.416 e. The van der Waals surface area contributed by atoms with Crippen LogP contribution in [0.3, 0.4) is 0 Å². The summed E-state index contributed by atoms with van der Waals surface area (Å²) in [6.45, 7) is 4.94. The van der Waals surface area contributed by atoms with Gasteiger partial charge in [-0.1, -0.05) is 17.7 Å². The third kappa shape index (κ3) is 5.49. The van der Waals surface area contributed by atoms with E-state index in [1.54, 1.807) is 50.4 Å². The fourth-order valence-corrected chi connectivity index (χ4v) is 4.92. The molecule has 2 aromatic heterocycles. The summed E-state index contributed by atoms with van der Waals surface area (Å²) < 4.78 is 38.8. The number of halogens is 3. The average molecular weight is 513 g/mol. The number of nitrogens with one attached hydrogen (secondary N) is 3. The van der Waals surface area contributed by atoms with Crippen LogP contribution in [0.5, 0.6) is 0 Å². The number of alkyl halides is 3. The van der Waals surface area contributed by atoms with Gasteiger partial charge in [0.05, 0.1) is 23.3 Å². The molecule has 2 heterocycles. The molecular formula is C26H23F3N4O2S. The molecule has 2 aromatic carbocycles. The van der Waals surface area contributed by atoms with Crippen LogP contribution in [0.25, 0.3) is 21.3 Å². The van der Waals surface area contributed by atoms with Crippen LogP contribution in [-0.2, 0) is 15.8 Å². The maximum absolute atomic E-state index is 13.4. The van der Waals surface area contributed by atoms with Crippen LogP contribution in [0.2, 0.25) is 0 Å². The van der Waals surface area contributed by atoms with Crippen molar-refractivity contribution in [1.29, 1.82) is 0 Å². The number of hydrogen-bond donors (Lipinski definition) is 3. The SMILES string of the molecule is CC(=O)NC(C(C(=O)Nc1ccc2[nH]ncc2c1)=C(C)C)c1ccc(-c2ccc(C(F)(F)F)cc2)s1. The zero-order valence-corrected chi connectivity index (χ0v) is 20.5. The first kappa shape index (κ1) is 25.2. The van der Waals surface area contributed by atoms with Gasteiger partial charge in [0.1, 0.15) is 0 Å². The van der Waals surface area contributed by atoms with Gasteiger partial charge in [0.25, 0.3) is 5.91 Å². The first-order valence-electron chi connectivity index (χ1n) is 11.0. The number of thiophene rings is 1. The highest BCUT2D eigenvalue weighted by Crippen LogP contribution is 2.37. The quantitative estimate of drug-likeness (QED) is 0.259.